The monoisotopic (exact) mass is 464 g/mol. The van der Waals surface area contributed by atoms with E-state index in [9.17, 15) is 9.90 Å². The number of phenolic OH excluding ortho intramolecular Hbond substituents is 1. The molecule has 0 radical (unpaired) electrons. The van der Waals surface area contributed by atoms with Crippen molar-refractivity contribution >= 4 is 5.91 Å². The fraction of sp³-hybridized carbons (Fsp3) is 0.552. The van der Waals surface area contributed by atoms with Crippen LogP contribution in [0.3, 0.4) is 0 Å². The third-order valence-corrected chi connectivity index (χ3v) is 8.18. The number of carbonyl (C=O) groups excluding carboxylic acids is 1. The maximum Gasteiger partial charge on any atom is 0.220 e. The Labute approximate surface area is 204 Å². The molecule has 5 heteroatoms. The molecule has 2 aromatic carbocycles. The van der Waals surface area contributed by atoms with Crippen LogP contribution in [0, 0.1) is 0 Å². The van der Waals surface area contributed by atoms with Crippen LogP contribution in [0.2, 0.25) is 0 Å². The number of fused-ring (bicyclic) bond motifs is 1. The minimum Gasteiger partial charge on any atom is -0.508 e. The summed E-state index contributed by atoms with van der Waals surface area (Å²) in [6, 6.07) is 18.4. The van der Waals surface area contributed by atoms with Crippen LogP contribution >= 0.6 is 0 Å². The zero-order chi connectivity index (χ0) is 24.0. The number of aryl methyl sites for hydroxylation is 1. The number of benzene rings is 2. The molecule has 3 unspecified atom stereocenters. The van der Waals surface area contributed by atoms with E-state index >= 15 is 0 Å². The van der Waals surface area contributed by atoms with Crippen molar-refractivity contribution in [3.8, 4) is 5.75 Å². The lowest BCUT2D eigenvalue weighted by Gasteiger charge is -2.59. The number of rotatable bonds is 9. The van der Waals surface area contributed by atoms with E-state index in [4.69, 9.17) is 4.74 Å². The summed E-state index contributed by atoms with van der Waals surface area (Å²) >= 11 is 0. The molecule has 2 N–H and O–H groups in total. The van der Waals surface area contributed by atoms with Crippen molar-refractivity contribution in [2.24, 2.45) is 0 Å². The van der Waals surface area contributed by atoms with E-state index in [1.54, 1.807) is 6.07 Å². The summed E-state index contributed by atoms with van der Waals surface area (Å²) < 4.78 is 6.30. The number of carbonyl (C=O) groups is 1. The second kappa shape index (κ2) is 10.9. The van der Waals surface area contributed by atoms with Gasteiger partial charge in [-0.25, -0.2) is 0 Å². The summed E-state index contributed by atoms with van der Waals surface area (Å²) in [6.07, 6.45) is 8.38. The van der Waals surface area contributed by atoms with Gasteiger partial charge < -0.3 is 20.1 Å². The van der Waals surface area contributed by atoms with Crippen LogP contribution in [-0.2, 0) is 21.4 Å². The van der Waals surface area contributed by atoms with E-state index < -0.39 is 0 Å². The van der Waals surface area contributed by atoms with Gasteiger partial charge in [0.05, 0.1) is 5.60 Å². The topological polar surface area (TPSA) is 61.8 Å². The minimum absolute atomic E-state index is 0.130. The van der Waals surface area contributed by atoms with Crippen LogP contribution in [0.25, 0.3) is 0 Å². The van der Waals surface area contributed by atoms with Gasteiger partial charge in [-0.1, -0.05) is 48.9 Å². The van der Waals surface area contributed by atoms with E-state index in [1.807, 2.05) is 25.3 Å². The van der Waals surface area contributed by atoms with Gasteiger partial charge in [-0.2, -0.15) is 0 Å². The van der Waals surface area contributed by atoms with Crippen LogP contribution < -0.4 is 5.32 Å². The number of amides is 1. The first-order valence-corrected chi connectivity index (χ1v) is 12.8. The number of unbranched alkanes of at least 4 members (excludes halogenated alkanes) is 2. The van der Waals surface area contributed by atoms with Gasteiger partial charge in [0.15, 0.2) is 0 Å². The highest BCUT2D eigenvalue weighted by molar-refractivity contribution is 5.76. The van der Waals surface area contributed by atoms with Gasteiger partial charge in [0, 0.05) is 31.5 Å². The number of piperidine rings is 1. The summed E-state index contributed by atoms with van der Waals surface area (Å²) in [5.74, 6) is 0.450. The lowest BCUT2D eigenvalue weighted by molar-refractivity contribution is -0.147. The Morgan fingerprint density at radius 3 is 2.71 bits per heavy atom. The van der Waals surface area contributed by atoms with Crippen LogP contribution in [0.5, 0.6) is 5.75 Å². The molecule has 2 fully saturated rings. The van der Waals surface area contributed by atoms with Crippen molar-refractivity contribution in [3.05, 3.63) is 65.7 Å². The molecular weight excluding hydrogens is 424 g/mol. The van der Waals surface area contributed by atoms with E-state index in [0.717, 1.165) is 70.0 Å². The molecule has 34 heavy (non-hydrogen) atoms. The van der Waals surface area contributed by atoms with Crippen LogP contribution in [0.1, 0.15) is 62.5 Å². The largest absolute Gasteiger partial charge is 0.508 e. The standard InChI is InChI=1S/C29H40N2O3/c1-31-19-18-28(24-13-9-14-26(32)20-24)21-25(16-17-29(28,22-31)34-2)30-27(33)15-8-4-7-12-23-10-5-3-6-11-23/h3,5-6,9-11,13-14,20,25,32H,4,7-8,12,15-19,21-22H2,1-2H3,(H,30,33). The molecule has 0 spiro atoms. The number of aromatic hydroxyl groups is 1. The highest BCUT2D eigenvalue weighted by Crippen LogP contribution is 2.53. The molecule has 5 nitrogen and oxygen atoms in total. The van der Waals surface area contributed by atoms with Crippen molar-refractivity contribution in [2.45, 2.75) is 74.8 Å². The Kier molecular flexibility index (Phi) is 7.95. The molecule has 1 aliphatic heterocycles. The average Bonchev–Trinajstić information content (AvgIpc) is 2.84. The zero-order valence-corrected chi connectivity index (χ0v) is 20.8. The molecule has 2 aromatic rings. The van der Waals surface area contributed by atoms with E-state index in [2.05, 4.69) is 47.6 Å². The van der Waals surface area contributed by atoms with Gasteiger partial charge in [-0.3, -0.25) is 4.79 Å². The molecule has 1 saturated carbocycles. The number of hydrogen-bond donors (Lipinski definition) is 2. The smallest absolute Gasteiger partial charge is 0.220 e. The lowest BCUT2D eigenvalue weighted by atomic mass is 9.55. The SMILES string of the molecule is COC12CCC(NC(=O)CCCCCc3ccccc3)CC1(c1cccc(O)c1)CCN(C)C2. The molecule has 0 bridgehead atoms. The van der Waals surface area contributed by atoms with Gasteiger partial charge in [-0.05, 0) is 81.8 Å². The Hall–Kier alpha value is -2.37. The van der Waals surface area contributed by atoms with Gasteiger partial charge >= 0.3 is 0 Å². The molecular formula is C29H40N2O3. The van der Waals surface area contributed by atoms with Crippen LogP contribution in [-0.4, -0.2) is 54.8 Å². The van der Waals surface area contributed by atoms with Crippen LogP contribution in [0.4, 0.5) is 0 Å². The van der Waals surface area contributed by atoms with Crippen molar-refractivity contribution in [2.75, 3.05) is 27.2 Å². The van der Waals surface area contributed by atoms with E-state index in [1.165, 1.54) is 5.56 Å². The second-order valence-electron chi connectivity index (χ2n) is 10.4. The predicted octanol–water partition coefficient (Wildman–Crippen LogP) is 4.82. The maximum absolute atomic E-state index is 12.8. The fourth-order valence-corrected chi connectivity index (χ4v) is 6.36. The summed E-state index contributed by atoms with van der Waals surface area (Å²) in [6.45, 7) is 1.84. The summed E-state index contributed by atoms with van der Waals surface area (Å²) in [5.41, 5.74) is 1.96. The second-order valence-corrected chi connectivity index (χ2v) is 10.4. The number of likely N-dealkylation sites (tertiary alicyclic amines) is 1. The first kappa shape index (κ1) is 24.7. The Bertz CT molecular complexity index is 949. The summed E-state index contributed by atoms with van der Waals surface area (Å²) in [4.78, 5) is 15.2. The molecule has 184 valence electrons. The van der Waals surface area contributed by atoms with Crippen molar-refractivity contribution in [1.82, 2.24) is 10.2 Å². The number of hydrogen-bond acceptors (Lipinski definition) is 4. The molecule has 3 atom stereocenters. The Morgan fingerprint density at radius 1 is 1.12 bits per heavy atom. The molecule has 1 heterocycles. The summed E-state index contributed by atoms with van der Waals surface area (Å²) in [5, 5.41) is 13.6. The number of nitrogens with zero attached hydrogens (tertiary/aromatic N) is 1. The minimum atomic E-state index is -0.313. The van der Waals surface area contributed by atoms with Gasteiger partial charge in [0.2, 0.25) is 5.91 Å². The van der Waals surface area contributed by atoms with E-state index in [-0.39, 0.29) is 28.7 Å². The molecule has 1 amide bonds. The maximum atomic E-state index is 12.8. The van der Waals surface area contributed by atoms with Crippen LogP contribution in [0.15, 0.2) is 54.6 Å². The molecule has 1 saturated heterocycles. The number of nitrogens with one attached hydrogen (secondary N) is 1. The highest BCUT2D eigenvalue weighted by atomic mass is 16.5. The normalized spacial score (nSPS) is 27.2. The van der Waals surface area contributed by atoms with Gasteiger partial charge in [-0.15, -0.1) is 0 Å². The summed E-state index contributed by atoms with van der Waals surface area (Å²) in [7, 11) is 3.98. The number of ether oxygens (including phenoxy) is 1. The van der Waals surface area contributed by atoms with Crippen molar-refractivity contribution in [3.63, 3.8) is 0 Å². The molecule has 2 aliphatic rings. The first-order chi connectivity index (χ1) is 16.5. The molecule has 0 aromatic heterocycles. The number of phenols is 1. The zero-order valence-electron chi connectivity index (χ0n) is 20.8. The Balaban J connectivity index is 1.37. The predicted molar refractivity (Wildman–Crippen MR) is 136 cm³/mol. The quantitative estimate of drug-likeness (QED) is 0.522. The van der Waals surface area contributed by atoms with Crippen molar-refractivity contribution < 1.29 is 14.6 Å². The number of methoxy groups -OCH3 is 1. The van der Waals surface area contributed by atoms with Gasteiger partial charge in [0.1, 0.15) is 5.75 Å². The third-order valence-electron chi connectivity index (χ3n) is 8.18. The van der Waals surface area contributed by atoms with Crippen molar-refractivity contribution in [1.29, 1.82) is 0 Å². The molecule has 4 rings (SSSR count). The Morgan fingerprint density at radius 2 is 1.94 bits per heavy atom. The lowest BCUT2D eigenvalue weighted by Crippen LogP contribution is -2.67. The van der Waals surface area contributed by atoms with E-state index in [0.29, 0.717) is 6.42 Å². The first-order valence-electron chi connectivity index (χ1n) is 12.8. The fourth-order valence-electron chi connectivity index (χ4n) is 6.36. The molecule has 1 aliphatic carbocycles. The number of likely N-dealkylation sites (N-methyl/N-ethyl adjacent to an activating group) is 1. The highest BCUT2D eigenvalue weighted by Gasteiger charge is 2.58. The van der Waals surface area contributed by atoms with Gasteiger partial charge in [0.25, 0.3) is 0 Å². The average molecular weight is 465 g/mol. The third kappa shape index (κ3) is 5.31.